The highest BCUT2D eigenvalue weighted by atomic mass is 35.5. The van der Waals surface area contributed by atoms with Gasteiger partial charge in [0.25, 0.3) is 0 Å². The van der Waals surface area contributed by atoms with Gasteiger partial charge in [-0.05, 0) is 55.1 Å². The first-order valence-corrected chi connectivity index (χ1v) is 9.00. The quantitative estimate of drug-likeness (QED) is 0.608. The third-order valence-corrected chi connectivity index (χ3v) is 7.75. The Bertz CT molecular complexity index is 700. The molecule has 23 heavy (non-hydrogen) atoms. The van der Waals surface area contributed by atoms with Crippen LogP contribution in [-0.4, -0.2) is 11.6 Å². The predicted octanol–water partition coefficient (Wildman–Crippen LogP) is 4.60. The topological polar surface area (TPSA) is 34.1 Å². The number of allylic oxidation sites excluding steroid dienone is 5. The molecule has 0 aromatic rings. The fourth-order valence-electron chi connectivity index (χ4n) is 5.92. The lowest BCUT2D eigenvalue weighted by Crippen LogP contribution is -2.50. The molecule has 4 rings (SSSR count). The second kappa shape index (κ2) is 4.69. The highest BCUT2D eigenvalue weighted by molar-refractivity contribution is 6.45. The summed E-state index contributed by atoms with van der Waals surface area (Å²) in [4.78, 5) is 24.4. The van der Waals surface area contributed by atoms with Crippen LogP contribution in [0.3, 0.4) is 0 Å². The van der Waals surface area contributed by atoms with E-state index in [-0.39, 0.29) is 16.6 Å². The molecule has 5 atom stereocenters. The summed E-state index contributed by atoms with van der Waals surface area (Å²) in [5, 5.41) is 0.394. The fraction of sp³-hybridized carbons (Fsp3) is 0.600. The Balaban J connectivity index is 1.81. The van der Waals surface area contributed by atoms with Gasteiger partial charge in [-0.1, -0.05) is 43.7 Å². The van der Waals surface area contributed by atoms with Crippen LogP contribution in [-0.2, 0) is 9.59 Å². The van der Waals surface area contributed by atoms with Gasteiger partial charge in [0.1, 0.15) is 5.78 Å². The average Bonchev–Trinajstić information content (AvgIpc) is 2.82. The fourth-order valence-corrected chi connectivity index (χ4v) is 6.26. The Morgan fingerprint density at radius 1 is 1.22 bits per heavy atom. The summed E-state index contributed by atoms with van der Waals surface area (Å²) < 4.78 is 0. The maximum absolute atomic E-state index is 12.5. The molecule has 0 N–H and O–H groups in total. The molecule has 0 heterocycles. The monoisotopic (exact) mass is 330 g/mol. The first-order chi connectivity index (χ1) is 10.8. The van der Waals surface area contributed by atoms with Crippen LogP contribution in [0.4, 0.5) is 0 Å². The smallest absolute Gasteiger partial charge is 0.196 e. The molecule has 4 aliphatic carbocycles. The van der Waals surface area contributed by atoms with E-state index in [0.717, 1.165) is 24.8 Å². The van der Waals surface area contributed by atoms with E-state index < -0.39 is 0 Å². The van der Waals surface area contributed by atoms with Crippen LogP contribution in [0.5, 0.6) is 0 Å². The number of fused-ring (bicyclic) bond motifs is 5. The minimum absolute atomic E-state index is 0.0814. The summed E-state index contributed by atoms with van der Waals surface area (Å²) in [5.41, 5.74) is 1.89. The summed E-state index contributed by atoms with van der Waals surface area (Å²) in [7, 11) is 0. The van der Waals surface area contributed by atoms with Crippen molar-refractivity contribution < 1.29 is 9.59 Å². The molecule has 0 unspecified atom stereocenters. The Labute approximate surface area is 142 Å². The molecule has 0 spiro atoms. The molecule has 0 saturated heterocycles. The molecule has 0 aliphatic heterocycles. The van der Waals surface area contributed by atoms with Crippen LogP contribution >= 0.6 is 11.6 Å². The molecule has 3 saturated carbocycles. The van der Waals surface area contributed by atoms with Gasteiger partial charge in [-0.15, -0.1) is 0 Å². The molecule has 0 bridgehead atoms. The van der Waals surface area contributed by atoms with E-state index in [4.69, 9.17) is 11.6 Å². The SMILES string of the molecule is C=C1CC2=C(Cl)C(=O)C=C[C@]2(C)[C@@H]2CC[C@]3(C)C(=O)CC[C@H]3[C@H]12. The van der Waals surface area contributed by atoms with Gasteiger partial charge in [0.05, 0.1) is 5.03 Å². The van der Waals surface area contributed by atoms with E-state index in [9.17, 15) is 9.59 Å². The van der Waals surface area contributed by atoms with Gasteiger partial charge in [0.15, 0.2) is 5.78 Å². The lowest BCUT2D eigenvalue weighted by Gasteiger charge is -2.56. The summed E-state index contributed by atoms with van der Waals surface area (Å²) >= 11 is 6.37. The molecule has 0 aromatic heterocycles. The van der Waals surface area contributed by atoms with Crippen LogP contribution in [0.2, 0.25) is 0 Å². The molecule has 3 heteroatoms. The standard InChI is InChI=1S/C20H23ClO2/c1-11-10-14-18(21)15(22)7-9-19(14,2)13-6-8-20(3)12(17(11)13)4-5-16(20)23/h7,9,12-13,17H,1,4-6,8,10H2,2-3H3/t12-,13+,17-,19+,20-/m0/s1. The third-order valence-electron chi connectivity index (χ3n) is 7.34. The van der Waals surface area contributed by atoms with Crippen LogP contribution in [0.15, 0.2) is 34.9 Å². The van der Waals surface area contributed by atoms with Crippen molar-refractivity contribution in [2.24, 2.45) is 28.6 Å². The average molecular weight is 331 g/mol. The molecule has 0 amide bonds. The van der Waals surface area contributed by atoms with Gasteiger partial charge in [0, 0.05) is 17.3 Å². The van der Waals surface area contributed by atoms with Gasteiger partial charge in [-0.2, -0.15) is 0 Å². The number of hydrogen-bond acceptors (Lipinski definition) is 2. The molecule has 2 nitrogen and oxygen atoms in total. The maximum Gasteiger partial charge on any atom is 0.196 e. The maximum atomic E-state index is 12.5. The van der Waals surface area contributed by atoms with Crippen molar-refractivity contribution in [1.29, 1.82) is 0 Å². The summed E-state index contributed by atoms with van der Waals surface area (Å²) in [5.74, 6) is 1.54. The number of ketones is 2. The van der Waals surface area contributed by atoms with Crippen molar-refractivity contribution in [2.45, 2.75) is 46.0 Å². The van der Waals surface area contributed by atoms with Crippen molar-refractivity contribution in [2.75, 3.05) is 0 Å². The first kappa shape index (κ1) is 15.4. The first-order valence-electron chi connectivity index (χ1n) is 8.62. The van der Waals surface area contributed by atoms with E-state index in [1.807, 2.05) is 0 Å². The number of rotatable bonds is 0. The summed E-state index contributed by atoms with van der Waals surface area (Å²) in [6.45, 7) is 8.74. The molecule has 3 fully saturated rings. The Kier molecular flexibility index (Phi) is 3.14. The lowest BCUT2D eigenvalue weighted by molar-refractivity contribution is -0.130. The van der Waals surface area contributed by atoms with Crippen LogP contribution in [0.1, 0.15) is 46.0 Å². The molecule has 0 aromatic carbocycles. The second-order valence-electron chi connectivity index (χ2n) is 8.26. The number of halogens is 1. The van der Waals surface area contributed by atoms with Gasteiger partial charge >= 0.3 is 0 Å². The number of Topliss-reactive ketones (excluding diaryl/α,β-unsaturated/α-hetero) is 1. The van der Waals surface area contributed by atoms with E-state index in [1.54, 1.807) is 6.08 Å². The minimum Gasteiger partial charge on any atom is -0.299 e. The number of carbonyl (C=O) groups excluding carboxylic acids is 2. The normalized spacial score (nSPS) is 45.9. The van der Waals surface area contributed by atoms with Gasteiger partial charge in [0.2, 0.25) is 0 Å². The van der Waals surface area contributed by atoms with Crippen molar-refractivity contribution in [3.05, 3.63) is 34.9 Å². The number of carbonyl (C=O) groups is 2. The van der Waals surface area contributed by atoms with Crippen molar-refractivity contribution in [3.8, 4) is 0 Å². The molecule has 0 radical (unpaired) electrons. The van der Waals surface area contributed by atoms with Gasteiger partial charge in [-0.25, -0.2) is 0 Å². The van der Waals surface area contributed by atoms with Crippen LogP contribution in [0.25, 0.3) is 0 Å². The minimum atomic E-state index is -0.167. The van der Waals surface area contributed by atoms with Crippen LogP contribution < -0.4 is 0 Å². The highest BCUT2D eigenvalue weighted by Gasteiger charge is 2.59. The Morgan fingerprint density at radius 2 is 1.96 bits per heavy atom. The zero-order valence-electron chi connectivity index (χ0n) is 13.8. The highest BCUT2D eigenvalue weighted by Crippen LogP contribution is 2.65. The zero-order chi connectivity index (χ0) is 16.6. The van der Waals surface area contributed by atoms with Crippen molar-refractivity contribution in [1.82, 2.24) is 0 Å². The van der Waals surface area contributed by atoms with E-state index in [2.05, 4.69) is 26.5 Å². The molecular weight excluding hydrogens is 308 g/mol. The second-order valence-corrected chi connectivity index (χ2v) is 8.64. The predicted molar refractivity (Wildman–Crippen MR) is 90.9 cm³/mol. The largest absolute Gasteiger partial charge is 0.299 e. The van der Waals surface area contributed by atoms with Crippen molar-refractivity contribution >= 4 is 23.2 Å². The summed E-state index contributed by atoms with van der Waals surface area (Å²) in [6.07, 6.45) is 8.07. The lowest BCUT2D eigenvalue weighted by atomic mass is 9.47. The molecule has 4 aliphatic rings. The van der Waals surface area contributed by atoms with E-state index in [0.29, 0.717) is 41.4 Å². The van der Waals surface area contributed by atoms with E-state index in [1.165, 1.54) is 5.57 Å². The van der Waals surface area contributed by atoms with Crippen LogP contribution in [0, 0.1) is 28.6 Å². The summed E-state index contributed by atoms with van der Waals surface area (Å²) in [6, 6.07) is 0. The third kappa shape index (κ3) is 1.82. The zero-order valence-corrected chi connectivity index (χ0v) is 14.6. The van der Waals surface area contributed by atoms with E-state index >= 15 is 0 Å². The Hall–Kier alpha value is -1.15. The van der Waals surface area contributed by atoms with Gasteiger partial charge in [-0.3, -0.25) is 9.59 Å². The molecule has 122 valence electrons. The number of hydrogen-bond donors (Lipinski definition) is 0. The Morgan fingerprint density at radius 3 is 2.70 bits per heavy atom. The van der Waals surface area contributed by atoms with Crippen molar-refractivity contribution in [3.63, 3.8) is 0 Å². The molecular formula is C20H23ClO2. The van der Waals surface area contributed by atoms with Gasteiger partial charge < -0.3 is 0 Å².